The van der Waals surface area contributed by atoms with Crippen LogP contribution in [0.5, 0.6) is 5.75 Å². The first-order valence-corrected chi connectivity index (χ1v) is 11.1. The number of nitrogens with one attached hydrogen (secondary N) is 2. The summed E-state index contributed by atoms with van der Waals surface area (Å²) in [5, 5.41) is 19.1. The largest absolute Gasteiger partial charge is 0.489 e. The van der Waals surface area contributed by atoms with E-state index < -0.39 is 17.5 Å². The first-order chi connectivity index (χ1) is 15.9. The molecule has 1 fully saturated rings. The zero-order valence-electron chi connectivity index (χ0n) is 17.8. The molecule has 8 heteroatoms. The van der Waals surface area contributed by atoms with Crippen LogP contribution in [-0.4, -0.2) is 22.9 Å². The molecule has 2 aliphatic rings. The van der Waals surface area contributed by atoms with E-state index in [0.29, 0.717) is 28.6 Å². The van der Waals surface area contributed by atoms with E-state index in [0.717, 1.165) is 11.1 Å². The number of benzene rings is 3. The molecular formula is C25H22ClN3O4. The molecule has 5 rings (SSSR count). The van der Waals surface area contributed by atoms with Gasteiger partial charge in [-0.1, -0.05) is 60.1 Å². The molecule has 0 unspecified atom stereocenters. The molecule has 4 atom stereocenters. The average Bonchev–Trinajstić information content (AvgIpc) is 3.27. The predicted octanol–water partition coefficient (Wildman–Crippen LogP) is 4.49. The van der Waals surface area contributed by atoms with Crippen LogP contribution in [0.4, 0.5) is 5.69 Å². The number of hydrogen-bond acceptors (Lipinski definition) is 5. The molecule has 0 aliphatic carbocycles. The van der Waals surface area contributed by atoms with Crippen molar-refractivity contribution in [2.24, 2.45) is 0 Å². The Balaban J connectivity index is 1.44. The number of carbonyl (C=O) groups excluding carboxylic acids is 1. The highest BCUT2D eigenvalue weighted by Crippen LogP contribution is 2.49. The Morgan fingerprint density at radius 3 is 2.48 bits per heavy atom. The van der Waals surface area contributed by atoms with Crippen molar-refractivity contribution >= 4 is 23.2 Å². The number of amides is 1. The van der Waals surface area contributed by atoms with E-state index in [2.05, 4.69) is 10.6 Å². The van der Waals surface area contributed by atoms with E-state index in [1.165, 1.54) is 0 Å². The van der Waals surface area contributed by atoms with Crippen LogP contribution in [0.2, 0.25) is 5.02 Å². The van der Waals surface area contributed by atoms with Crippen LogP contribution < -0.4 is 15.4 Å². The van der Waals surface area contributed by atoms with E-state index in [1.54, 1.807) is 36.4 Å². The van der Waals surface area contributed by atoms with Gasteiger partial charge in [0, 0.05) is 32.8 Å². The Morgan fingerprint density at radius 1 is 1.06 bits per heavy atom. The lowest BCUT2D eigenvalue weighted by Crippen LogP contribution is -2.54. The van der Waals surface area contributed by atoms with Gasteiger partial charge in [0.2, 0.25) is 0 Å². The quantitative estimate of drug-likeness (QED) is 0.429. The molecule has 1 spiro atoms. The number of rotatable bonds is 5. The summed E-state index contributed by atoms with van der Waals surface area (Å²) in [6.45, 7) is 2.20. The van der Waals surface area contributed by atoms with Crippen LogP contribution in [0, 0.1) is 10.1 Å². The van der Waals surface area contributed by atoms with Crippen LogP contribution in [0.3, 0.4) is 0 Å². The van der Waals surface area contributed by atoms with Gasteiger partial charge in [-0.05, 0) is 36.8 Å². The minimum Gasteiger partial charge on any atom is -0.489 e. The molecule has 0 aromatic heterocycles. The van der Waals surface area contributed by atoms with Crippen molar-refractivity contribution in [2.45, 2.75) is 37.1 Å². The van der Waals surface area contributed by atoms with Crippen molar-refractivity contribution in [1.29, 1.82) is 0 Å². The minimum atomic E-state index is -1.41. The Bertz CT molecular complexity index is 1230. The number of anilines is 1. The van der Waals surface area contributed by atoms with Gasteiger partial charge in [-0.2, -0.15) is 0 Å². The summed E-state index contributed by atoms with van der Waals surface area (Å²) in [6, 6.07) is 20.4. The van der Waals surface area contributed by atoms with E-state index in [1.807, 2.05) is 43.3 Å². The third-order valence-electron chi connectivity index (χ3n) is 6.58. The van der Waals surface area contributed by atoms with Crippen molar-refractivity contribution in [3.05, 3.63) is 105 Å². The fourth-order valence-electron chi connectivity index (χ4n) is 5.12. The molecule has 3 aromatic carbocycles. The van der Waals surface area contributed by atoms with Crippen LogP contribution >= 0.6 is 11.6 Å². The molecule has 1 saturated heterocycles. The van der Waals surface area contributed by atoms with Gasteiger partial charge in [0.15, 0.2) is 5.54 Å². The number of carbonyl (C=O) groups is 1. The normalized spacial score (nSPS) is 25.6. The average molecular weight is 464 g/mol. The summed E-state index contributed by atoms with van der Waals surface area (Å²) < 4.78 is 5.85. The highest BCUT2D eigenvalue weighted by Gasteiger charge is 2.67. The molecule has 3 aromatic rings. The lowest BCUT2D eigenvalue weighted by Gasteiger charge is -2.25. The summed E-state index contributed by atoms with van der Waals surface area (Å²) in [4.78, 5) is 25.1. The molecule has 0 bridgehead atoms. The van der Waals surface area contributed by atoms with Crippen molar-refractivity contribution in [1.82, 2.24) is 5.32 Å². The molecular weight excluding hydrogens is 442 g/mol. The molecule has 2 aliphatic heterocycles. The standard InChI is InChI=1S/C25H22ClN3O4/c1-15-22(16-10-12-18(13-11-16)33-14-17-6-2-4-8-20(17)26)23(29(31)32)25(28-15)19-7-3-5-9-21(19)27-24(25)30/h2-13,15,22-23,28H,14H2,1H3,(H,27,30)/t15-,22+,23-,25-/m0/s1. The number of fused-ring (bicyclic) bond motifs is 2. The second kappa shape index (κ2) is 8.17. The van der Waals surface area contributed by atoms with Gasteiger partial charge >= 0.3 is 0 Å². The Kier molecular flexibility index (Phi) is 5.31. The van der Waals surface area contributed by atoms with Crippen LogP contribution in [0.1, 0.15) is 29.5 Å². The van der Waals surface area contributed by atoms with Gasteiger partial charge in [-0.25, -0.2) is 0 Å². The van der Waals surface area contributed by atoms with Gasteiger partial charge in [0.25, 0.3) is 11.9 Å². The highest BCUT2D eigenvalue weighted by atomic mass is 35.5. The van der Waals surface area contributed by atoms with E-state index in [-0.39, 0.29) is 16.9 Å². The second-order valence-corrected chi connectivity index (χ2v) is 8.85. The zero-order chi connectivity index (χ0) is 23.2. The van der Waals surface area contributed by atoms with Gasteiger partial charge in [-0.15, -0.1) is 0 Å². The third-order valence-corrected chi connectivity index (χ3v) is 6.95. The number of ether oxygens (including phenoxy) is 1. The van der Waals surface area contributed by atoms with Gasteiger partial charge in [0.1, 0.15) is 12.4 Å². The summed E-state index contributed by atoms with van der Waals surface area (Å²) in [5.41, 5.74) is 1.46. The molecule has 0 saturated carbocycles. The van der Waals surface area contributed by atoms with Crippen LogP contribution in [0.15, 0.2) is 72.8 Å². The molecule has 33 heavy (non-hydrogen) atoms. The number of nitrogens with zero attached hydrogens (tertiary/aromatic N) is 1. The SMILES string of the molecule is C[C@@H]1N[C@]2(C(=O)Nc3ccccc32)[C@@H]([N+](=O)[O-])[C@H]1c1ccc(OCc2ccccc2Cl)cc1. The molecule has 2 N–H and O–H groups in total. The summed E-state index contributed by atoms with van der Waals surface area (Å²) in [7, 11) is 0. The van der Waals surface area contributed by atoms with Gasteiger partial charge in [0.05, 0.1) is 5.92 Å². The summed E-state index contributed by atoms with van der Waals surface area (Å²) >= 11 is 6.19. The second-order valence-electron chi connectivity index (χ2n) is 8.45. The van der Waals surface area contributed by atoms with Crippen molar-refractivity contribution in [3.8, 4) is 5.75 Å². The molecule has 1 amide bonds. The Hall–Kier alpha value is -3.42. The van der Waals surface area contributed by atoms with Gasteiger partial charge < -0.3 is 10.1 Å². The highest BCUT2D eigenvalue weighted by molar-refractivity contribution is 6.31. The number of nitro groups is 1. The maximum atomic E-state index is 13.1. The topological polar surface area (TPSA) is 93.5 Å². The molecule has 168 valence electrons. The molecule has 0 radical (unpaired) electrons. The molecule has 2 heterocycles. The maximum Gasteiger partial charge on any atom is 0.256 e. The maximum absolute atomic E-state index is 13.1. The lowest BCUT2D eigenvalue weighted by molar-refractivity contribution is -0.532. The first-order valence-electron chi connectivity index (χ1n) is 10.7. The summed E-state index contributed by atoms with van der Waals surface area (Å²) in [6.07, 6.45) is 0. The van der Waals surface area contributed by atoms with E-state index >= 15 is 0 Å². The fourth-order valence-corrected chi connectivity index (χ4v) is 5.31. The first kappa shape index (κ1) is 21.4. The van der Waals surface area contributed by atoms with Crippen molar-refractivity contribution in [3.63, 3.8) is 0 Å². The predicted molar refractivity (Wildman–Crippen MR) is 125 cm³/mol. The lowest BCUT2D eigenvalue weighted by atomic mass is 9.78. The molecule has 7 nitrogen and oxygen atoms in total. The van der Waals surface area contributed by atoms with Crippen LogP contribution in [-0.2, 0) is 16.9 Å². The van der Waals surface area contributed by atoms with Gasteiger partial charge in [-0.3, -0.25) is 20.2 Å². The fraction of sp³-hybridized carbons (Fsp3) is 0.240. The summed E-state index contributed by atoms with van der Waals surface area (Å²) in [5.74, 6) is -0.262. The Labute approximate surface area is 195 Å². The monoisotopic (exact) mass is 463 g/mol. The smallest absolute Gasteiger partial charge is 0.256 e. The van der Waals surface area contributed by atoms with E-state index in [4.69, 9.17) is 16.3 Å². The number of halogens is 1. The van der Waals surface area contributed by atoms with Crippen LogP contribution in [0.25, 0.3) is 0 Å². The van der Waals surface area contributed by atoms with Crippen molar-refractivity contribution < 1.29 is 14.5 Å². The van der Waals surface area contributed by atoms with E-state index in [9.17, 15) is 14.9 Å². The number of hydrogen-bond donors (Lipinski definition) is 2. The number of para-hydroxylation sites is 1. The minimum absolute atomic E-state index is 0.299. The van der Waals surface area contributed by atoms with Crippen molar-refractivity contribution in [2.75, 3.05) is 5.32 Å². The zero-order valence-corrected chi connectivity index (χ0v) is 18.6. The Morgan fingerprint density at radius 2 is 1.76 bits per heavy atom. The third kappa shape index (κ3) is 3.44.